The van der Waals surface area contributed by atoms with Gasteiger partial charge in [-0.1, -0.05) is 39.8 Å². The number of nitrogens with zero attached hydrogens (tertiary/aromatic N) is 1. The highest BCUT2D eigenvalue weighted by Gasteiger charge is 2.13. The summed E-state index contributed by atoms with van der Waals surface area (Å²) in [7, 11) is 1.64. The molecule has 1 rings (SSSR count). The van der Waals surface area contributed by atoms with Crippen molar-refractivity contribution in [2.24, 2.45) is 11.8 Å². The molecule has 0 atom stereocenters. The van der Waals surface area contributed by atoms with Crippen LogP contribution in [-0.4, -0.2) is 31.0 Å². The van der Waals surface area contributed by atoms with Crippen LogP contribution in [0, 0.1) is 11.8 Å². The highest BCUT2D eigenvalue weighted by Crippen LogP contribution is 2.14. The van der Waals surface area contributed by atoms with Gasteiger partial charge in [0.2, 0.25) is 5.91 Å². The van der Waals surface area contributed by atoms with Gasteiger partial charge in [0.25, 0.3) is 0 Å². The van der Waals surface area contributed by atoms with Crippen LogP contribution >= 0.6 is 0 Å². The smallest absolute Gasteiger partial charge is 0.246 e. The maximum atomic E-state index is 12.3. The van der Waals surface area contributed by atoms with Crippen LogP contribution < -0.4 is 4.74 Å². The fraction of sp³-hybridized carbons (Fsp3) is 0.500. The van der Waals surface area contributed by atoms with Gasteiger partial charge in [-0.25, -0.2) is 0 Å². The Morgan fingerprint density at radius 2 is 1.81 bits per heavy atom. The lowest BCUT2D eigenvalue weighted by atomic mass is 10.1. The largest absolute Gasteiger partial charge is 0.497 e. The van der Waals surface area contributed by atoms with Crippen LogP contribution in [0.3, 0.4) is 0 Å². The summed E-state index contributed by atoms with van der Waals surface area (Å²) in [6.45, 7) is 10.1. The summed E-state index contributed by atoms with van der Waals surface area (Å²) in [4.78, 5) is 14.3. The van der Waals surface area contributed by atoms with Gasteiger partial charge in [0.05, 0.1) is 7.11 Å². The van der Waals surface area contributed by atoms with Gasteiger partial charge in [0, 0.05) is 19.2 Å². The summed E-state index contributed by atoms with van der Waals surface area (Å²) >= 11 is 0. The SMILES string of the molecule is COc1cccc(/C=C/C(=O)N(CC(C)C)CC(C)C)c1. The van der Waals surface area contributed by atoms with Crippen molar-refractivity contribution in [1.82, 2.24) is 4.90 Å². The number of carbonyl (C=O) groups excluding carboxylic acids is 1. The highest BCUT2D eigenvalue weighted by atomic mass is 16.5. The first-order valence-electron chi connectivity index (χ1n) is 7.53. The zero-order valence-electron chi connectivity index (χ0n) is 13.8. The topological polar surface area (TPSA) is 29.5 Å². The summed E-state index contributed by atoms with van der Waals surface area (Å²) < 4.78 is 5.19. The molecular weight excluding hydrogens is 262 g/mol. The molecule has 0 bridgehead atoms. The van der Waals surface area contributed by atoms with E-state index in [-0.39, 0.29) is 5.91 Å². The molecule has 3 nitrogen and oxygen atoms in total. The molecule has 0 saturated heterocycles. The average molecular weight is 289 g/mol. The zero-order valence-corrected chi connectivity index (χ0v) is 13.8. The van der Waals surface area contributed by atoms with Gasteiger partial charge in [0.15, 0.2) is 0 Å². The van der Waals surface area contributed by atoms with E-state index in [2.05, 4.69) is 27.7 Å². The lowest BCUT2D eigenvalue weighted by molar-refractivity contribution is -0.127. The van der Waals surface area contributed by atoms with Gasteiger partial charge in [-0.15, -0.1) is 0 Å². The monoisotopic (exact) mass is 289 g/mol. The van der Waals surface area contributed by atoms with Crippen LogP contribution in [0.5, 0.6) is 5.75 Å². The molecule has 0 unspecified atom stereocenters. The van der Waals surface area contributed by atoms with Gasteiger partial charge >= 0.3 is 0 Å². The summed E-state index contributed by atoms with van der Waals surface area (Å²) in [6, 6.07) is 7.69. The average Bonchev–Trinajstić information content (AvgIpc) is 2.43. The van der Waals surface area contributed by atoms with Gasteiger partial charge in [-0.3, -0.25) is 4.79 Å². The maximum Gasteiger partial charge on any atom is 0.246 e. The lowest BCUT2D eigenvalue weighted by Gasteiger charge is -2.25. The van der Waals surface area contributed by atoms with Crippen LogP contribution in [0.4, 0.5) is 0 Å². The summed E-state index contributed by atoms with van der Waals surface area (Å²) in [5, 5.41) is 0. The minimum atomic E-state index is 0.0696. The summed E-state index contributed by atoms with van der Waals surface area (Å²) in [6.07, 6.45) is 3.50. The van der Waals surface area contributed by atoms with Gasteiger partial charge in [0.1, 0.15) is 5.75 Å². The highest BCUT2D eigenvalue weighted by molar-refractivity contribution is 5.91. The van der Waals surface area contributed by atoms with Gasteiger partial charge in [-0.05, 0) is 35.6 Å². The van der Waals surface area contributed by atoms with Gasteiger partial charge in [-0.2, -0.15) is 0 Å². The Balaban J connectivity index is 2.76. The molecule has 0 spiro atoms. The first kappa shape index (κ1) is 17.3. The minimum Gasteiger partial charge on any atom is -0.497 e. The van der Waals surface area contributed by atoms with E-state index in [1.807, 2.05) is 35.2 Å². The van der Waals surface area contributed by atoms with Crippen molar-refractivity contribution in [2.75, 3.05) is 20.2 Å². The molecule has 0 fully saturated rings. The van der Waals surface area contributed by atoms with E-state index < -0.39 is 0 Å². The molecule has 0 N–H and O–H groups in total. The number of benzene rings is 1. The fourth-order valence-electron chi connectivity index (χ4n) is 2.15. The standard InChI is InChI=1S/C18H27NO2/c1-14(2)12-19(13-15(3)4)18(20)10-9-16-7-6-8-17(11-16)21-5/h6-11,14-15H,12-13H2,1-5H3/b10-9+. The Morgan fingerprint density at radius 1 is 1.19 bits per heavy atom. The minimum absolute atomic E-state index is 0.0696. The van der Waals surface area contributed by atoms with Crippen LogP contribution in [0.15, 0.2) is 30.3 Å². The molecular formula is C18H27NO2. The molecule has 1 aromatic carbocycles. The number of carbonyl (C=O) groups is 1. The normalized spacial score (nSPS) is 11.4. The van der Waals surface area contributed by atoms with Crippen LogP contribution in [0.2, 0.25) is 0 Å². The van der Waals surface area contributed by atoms with Crippen molar-refractivity contribution >= 4 is 12.0 Å². The molecule has 0 aliphatic rings. The van der Waals surface area contributed by atoms with Crippen molar-refractivity contribution in [3.8, 4) is 5.75 Å². The van der Waals surface area contributed by atoms with Crippen LogP contribution in [-0.2, 0) is 4.79 Å². The number of hydrogen-bond donors (Lipinski definition) is 0. The van der Waals surface area contributed by atoms with E-state index in [9.17, 15) is 4.79 Å². The number of hydrogen-bond acceptors (Lipinski definition) is 2. The quantitative estimate of drug-likeness (QED) is 0.714. The van der Waals surface area contributed by atoms with E-state index in [0.29, 0.717) is 11.8 Å². The second-order valence-corrected chi connectivity index (χ2v) is 6.14. The fourth-order valence-corrected chi connectivity index (χ4v) is 2.15. The van der Waals surface area contributed by atoms with Crippen molar-refractivity contribution in [2.45, 2.75) is 27.7 Å². The van der Waals surface area contributed by atoms with E-state index in [0.717, 1.165) is 24.4 Å². The number of rotatable bonds is 7. The third-order valence-electron chi connectivity index (χ3n) is 2.99. The van der Waals surface area contributed by atoms with E-state index in [1.54, 1.807) is 13.2 Å². The van der Waals surface area contributed by atoms with Crippen molar-refractivity contribution in [1.29, 1.82) is 0 Å². The maximum absolute atomic E-state index is 12.3. The predicted octanol–water partition coefficient (Wildman–Crippen LogP) is 3.85. The predicted molar refractivity (Wildman–Crippen MR) is 88.3 cm³/mol. The second kappa shape index (κ2) is 8.50. The molecule has 0 heterocycles. The zero-order chi connectivity index (χ0) is 15.8. The Morgan fingerprint density at radius 3 is 2.33 bits per heavy atom. The Hall–Kier alpha value is -1.77. The molecule has 0 aliphatic heterocycles. The van der Waals surface area contributed by atoms with E-state index in [4.69, 9.17) is 4.74 Å². The summed E-state index contributed by atoms with van der Waals surface area (Å²) in [5.74, 6) is 1.81. The first-order chi connectivity index (χ1) is 9.92. The van der Waals surface area contributed by atoms with E-state index in [1.165, 1.54) is 0 Å². The van der Waals surface area contributed by atoms with Crippen LogP contribution in [0.1, 0.15) is 33.3 Å². The Labute approximate surface area is 128 Å². The molecule has 116 valence electrons. The van der Waals surface area contributed by atoms with E-state index >= 15 is 0 Å². The molecule has 0 aromatic heterocycles. The first-order valence-corrected chi connectivity index (χ1v) is 7.53. The van der Waals surface area contributed by atoms with Gasteiger partial charge < -0.3 is 9.64 Å². The third-order valence-corrected chi connectivity index (χ3v) is 2.99. The van der Waals surface area contributed by atoms with Crippen molar-refractivity contribution in [3.05, 3.63) is 35.9 Å². The second-order valence-electron chi connectivity index (χ2n) is 6.14. The summed E-state index contributed by atoms with van der Waals surface area (Å²) in [5.41, 5.74) is 0.969. The molecule has 1 amide bonds. The molecule has 1 aromatic rings. The van der Waals surface area contributed by atoms with Crippen molar-refractivity contribution < 1.29 is 9.53 Å². The Bertz CT molecular complexity index is 468. The molecule has 3 heteroatoms. The van der Waals surface area contributed by atoms with Crippen molar-refractivity contribution in [3.63, 3.8) is 0 Å². The number of methoxy groups -OCH3 is 1. The van der Waals surface area contributed by atoms with Crippen LogP contribution in [0.25, 0.3) is 6.08 Å². The lowest BCUT2D eigenvalue weighted by Crippen LogP contribution is -2.35. The molecule has 21 heavy (non-hydrogen) atoms. The molecule has 0 saturated carbocycles. The number of amides is 1. The molecule has 0 aliphatic carbocycles. The third kappa shape index (κ3) is 6.48. The Kier molecular flexibility index (Phi) is 7.00. The molecule has 0 radical (unpaired) electrons. The number of ether oxygens (including phenoxy) is 1.